The lowest BCUT2D eigenvalue weighted by atomic mass is 10.1. The molecule has 0 aromatic carbocycles. The molecule has 1 aliphatic heterocycles. The number of aromatic nitrogens is 3. The summed E-state index contributed by atoms with van der Waals surface area (Å²) in [4.78, 5) is 11.3. The van der Waals surface area contributed by atoms with Gasteiger partial charge >= 0.3 is 0 Å². The minimum absolute atomic E-state index is 0.00642. The number of nitrogens with one attached hydrogen (secondary N) is 3. The van der Waals surface area contributed by atoms with Crippen molar-refractivity contribution >= 4 is 22.7 Å². The third-order valence-corrected chi connectivity index (χ3v) is 3.01. The Hall–Kier alpha value is -2.15. The van der Waals surface area contributed by atoms with Crippen LogP contribution in [-0.2, 0) is 4.74 Å². The first-order chi connectivity index (χ1) is 8.75. The van der Waals surface area contributed by atoms with Crippen molar-refractivity contribution in [2.45, 2.75) is 12.5 Å². The Labute approximate surface area is 103 Å². The van der Waals surface area contributed by atoms with E-state index in [2.05, 4.69) is 20.3 Å². The fourth-order valence-electron chi connectivity index (χ4n) is 2.15. The number of pyridine rings is 1. The molecule has 0 amide bonds. The molecule has 1 unspecified atom stereocenters. The van der Waals surface area contributed by atoms with Crippen LogP contribution in [0, 0.1) is 5.41 Å². The number of anilines is 1. The Bertz CT molecular complexity index is 586. The Morgan fingerprint density at radius 1 is 1.56 bits per heavy atom. The lowest BCUT2D eigenvalue weighted by Crippen LogP contribution is -2.23. The van der Waals surface area contributed by atoms with Crippen molar-refractivity contribution in [2.24, 2.45) is 5.73 Å². The molecule has 1 saturated heterocycles. The van der Waals surface area contributed by atoms with Crippen LogP contribution in [0.3, 0.4) is 0 Å². The maximum Gasteiger partial charge on any atom is 0.178 e. The van der Waals surface area contributed by atoms with Crippen LogP contribution in [0.4, 0.5) is 5.69 Å². The molecule has 0 radical (unpaired) electrons. The molecule has 1 aliphatic rings. The van der Waals surface area contributed by atoms with E-state index >= 15 is 0 Å². The Morgan fingerprint density at radius 2 is 2.44 bits per heavy atom. The second-order valence-corrected chi connectivity index (χ2v) is 4.27. The molecule has 0 bridgehead atoms. The molecule has 7 nitrogen and oxygen atoms in total. The molecule has 2 aromatic heterocycles. The minimum atomic E-state index is -0.00642. The molecule has 2 aromatic rings. The van der Waals surface area contributed by atoms with Gasteiger partial charge in [-0.25, -0.2) is 9.97 Å². The predicted molar refractivity (Wildman–Crippen MR) is 67.8 cm³/mol. The Morgan fingerprint density at radius 3 is 3.17 bits per heavy atom. The molecule has 0 aliphatic carbocycles. The smallest absolute Gasteiger partial charge is 0.178 e. The maximum absolute atomic E-state index is 7.70. The van der Waals surface area contributed by atoms with Gasteiger partial charge in [0.15, 0.2) is 5.65 Å². The van der Waals surface area contributed by atoms with Crippen molar-refractivity contribution in [2.75, 3.05) is 18.5 Å². The molecular formula is C11H14N6O. The monoisotopic (exact) mass is 246 g/mol. The van der Waals surface area contributed by atoms with Crippen molar-refractivity contribution in [1.29, 1.82) is 5.41 Å². The van der Waals surface area contributed by atoms with Gasteiger partial charge in [-0.15, -0.1) is 0 Å². The van der Waals surface area contributed by atoms with Gasteiger partial charge in [0.25, 0.3) is 0 Å². The van der Waals surface area contributed by atoms with Crippen LogP contribution >= 0.6 is 0 Å². The van der Waals surface area contributed by atoms with Crippen LogP contribution < -0.4 is 11.1 Å². The molecule has 0 saturated carbocycles. The fraction of sp³-hybridized carbons (Fsp3) is 0.364. The SMILES string of the molecule is N=C(N)c1c(NC2CCOC2)cnc2nc[nH]c12. The number of ether oxygens (including phenoxy) is 1. The molecule has 7 heteroatoms. The van der Waals surface area contributed by atoms with E-state index in [0.717, 1.165) is 18.7 Å². The molecule has 94 valence electrons. The summed E-state index contributed by atoms with van der Waals surface area (Å²) in [7, 11) is 0. The summed E-state index contributed by atoms with van der Waals surface area (Å²) < 4.78 is 5.31. The van der Waals surface area contributed by atoms with E-state index in [1.54, 1.807) is 12.5 Å². The summed E-state index contributed by atoms with van der Waals surface area (Å²) in [6.07, 6.45) is 4.16. The van der Waals surface area contributed by atoms with Gasteiger partial charge < -0.3 is 20.8 Å². The van der Waals surface area contributed by atoms with E-state index in [0.29, 0.717) is 23.3 Å². The number of hydrogen-bond acceptors (Lipinski definition) is 5. The van der Waals surface area contributed by atoms with Crippen molar-refractivity contribution in [3.63, 3.8) is 0 Å². The first-order valence-corrected chi connectivity index (χ1v) is 5.76. The largest absolute Gasteiger partial charge is 0.384 e. The molecule has 5 N–H and O–H groups in total. The standard InChI is InChI=1S/C11H14N6O/c12-10(13)8-7(17-6-1-2-18-4-6)3-14-11-9(8)15-5-16-11/h3,5-6,17H,1-2,4H2,(H3,12,13)(H,14,15,16). The summed E-state index contributed by atoms with van der Waals surface area (Å²) >= 11 is 0. The van der Waals surface area contributed by atoms with Crippen LogP contribution in [-0.4, -0.2) is 40.0 Å². The molecule has 1 fully saturated rings. The van der Waals surface area contributed by atoms with Gasteiger partial charge in [0.1, 0.15) is 5.84 Å². The average molecular weight is 246 g/mol. The van der Waals surface area contributed by atoms with Crippen molar-refractivity contribution in [1.82, 2.24) is 15.0 Å². The highest BCUT2D eigenvalue weighted by Crippen LogP contribution is 2.23. The Kier molecular flexibility index (Phi) is 2.60. The number of fused-ring (bicyclic) bond motifs is 1. The lowest BCUT2D eigenvalue weighted by molar-refractivity contribution is 0.195. The maximum atomic E-state index is 7.70. The first-order valence-electron chi connectivity index (χ1n) is 5.76. The summed E-state index contributed by atoms with van der Waals surface area (Å²) in [5.74, 6) is -0.00642. The Balaban J connectivity index is 2.03. The number of imidazole rings is 1. The van der Waals surface area contributed by atoms with Gasteiger partial charge in [-0.1, -0.05) is 0 Å². The van der Waals surface area contributed by atoms with Gasteiger partial charge in [0.05, 0.1) is 41.9 Å². The topological polar surface area (TPSA) is 113 Å². The van der Waals surface area contributed by atoms with E-state index in [4.69, 9.17) is 15.9 Å². The van der Waals surface area contributed by atoms with Gasteiger partial charge in [-0.2, -0.15) is 0 Å². The van der Waals surface area contributed by atoms with Gasteiger partial charge in [-0.05, 0) is 6.42 Å². The molecule has 3 heterocycles. The molecule has 3 rings (SSSR count). The number of hydrogen-bond donors (Lipinski definition) is 4. The predicted octanol–water partition coefficient (Wildman–Crippen LogP) is 0.443. The van der Waals surface area contributed by atoms with E-state index in [1.807, 2.05) is 0 Å². The third kappa shape index (κ3) is 1.78. The van der Waals surface area contributed by atoms with E-state index in [9.17, 15) is 0 Å². The summed E-state index contributed by atoms with van der Waals surface area (Å²) in [6, 6.07) is 0.241. The van der Waals surface area contributed by atoms with Gasteiger partial charge in [-0.3, -0.25) is 5.41 Å². The molecule has 1 atom stereocenters. The number of rotatable bonds is 3. The first kappa shape index (κ1) is 11.0. The van der Waals surface area contributed by atoms with Crippen LogP contribution in [0.15, 0.2) is 12.5 Å². The number of nitrogens with two attached hydrogens (primary N) is 1. The highest BCUT2D eigenvalue weighted by atomic mass is 16.5. The highest BCUT2D eigenvalue weighted by Gasteiger charge is 2.19. The normalized spacial score (nSPS) is 19.2. The van der Waals surface area contributed by atoms with Gasteiger partial charge in [0.2, 0.25) is 0 Å². The van der Waals surface area contributed by atoms with Crippen LogP contribution in [0.25, 0.3) is 11.2 Å². The van der Waals surface area contributed by atoms with Crippen molar-refractivity contribution in [3.8, 4) is 0 Å². The second-order valence-electron chi connectivity index (χ2n) is 4.27. The number of aromatic amines is 1. The zero-order valence-corrected chi connectivity index (χ0v) is 9.73. The number of nitrogens with zero attached hydrogens (tertiary/aromatic N) is 2. The van der Waals surface area contributed by atoms with Gasteiger partial charge in [0, 0.05) is 6.61 Å². The molecule has 18 heavy (non-hydrogen) atoms. The highest BCUT2D eigenvalue weighted by molar-refractivity contribution is 6.09. The molecule has 0 spiro atoms. The van der Waals surface area contributed by atoms with Crippen LogP contribution in [0.1, 0.15) is 12.0 Å². The van der Waals surface area contributed by atoms with E-state index < -0.39 is 0 Å². The quantitative estimate of drug-likeness (QED) is 0.463. The fourth-order valence-corrected chi connectivity index (χ4v) is 2.15. The van der Waals surface area contributed by atoms with Crippen LogP contribution in [0.5, 0.6) is 0 Å². The van der Waals surface area contributed by atoms with Crippen molar-refractivity contribution in [3.05, 3.63) is 18.1 Å². The summed E-state index contributed by atoms with van der Waals surface area (Å²) in [5.41, 5.74) is 8.26. The van der Waals surface area contributed by atoms with E-state index in [1.165, 1.54) is 0 Å². The number of H-pyrrole nitrogens is 1. The second kappa shape index (κ2) is 4.26. The zero-order valence-electron chi connectivity index (χ0n) is 9.73. The minimum Gasteiger partial charge on any atom is -0.384 e. The zero-order chi connectivity index (χ0) is 12.5. The lowest BCUT2D eigenvalue weighted by Gasteiger charge is -2.15. The van der Waals surface area contributed by atoms with Crippen LogP contribution in [0.2, 0.25) is 0 Å². The summed E-state index contributed by atoms with van der Waals surface area (Å²) in [5, 5.41) is 11.0. The van der Waals surface area contributed by atoms with Crippen molar-refractivity contribution < 1.29 is 4.74 Å². The number of amidine groups is 1. The number of nitrogen functional groups attached to an aromatic ring is 1. The molecular weight excluding hydrogens is 232 g/mol. The third-order valence-electron chi connectivity index (χ3n) is 3.01. The average Bonchev–Trinajstić information content (AvgIpc) is 2.98. The summed E-state index contributed by atoms with van der Waals surface area (Å²) in [6.45, 7) is 1.42. The van der Waals surface area contributed by atoms with E-state index in [-0.39, 0.29) is 11.9 Å².